The normalized spacial score (nSPS) is 20.4. The van der Waals surface area contributed by atoms with E-state index in [4.69, 9.17) is 9.47 Å². The van der Waals surface area contributed by atoms with Crippen molar-refractivity contribution in [3.05, 3.63) is 48.5 Å². The SMILES string of the molecule is CN=C(NCc1ccccc1-n1ccnc1)N1CCC(OCC2CCCCO2)CC1.I. The minimum atomic E-state index is 0. The molecule has 0 aliphatic carbocycles. The summed E-state index contributed by atoms with van der Waals surface area (Å²) in [6, 6.07) is 8.37. The lowest BCUT2D eigenvalue weighted by molar-refractivity contribution is -0.0721. The highest BCUT2D eigenvalue weighted by molar-refractivity contribution is 14.0. The molecule has 7 nitrogen and oxygen atoms in total. The molecule has 3 heterocycles. The maximum atomic E-state index is 6.15. The molecule has 8 heteroatoms. The number of likely N-dealkylation sites (tertiary alicyclic amines) is 1. The second kappa shape index (κ2) is 12.4. The van der Waals surface area contributed by atoms with Gasteiger partial charge in [-0.1, -0.05) is 18.2 Å². The van der Waals surface area contributed by atoms with Crippen molar-refractivity contribution in [3.63, 3.8) is 0 Å². The molecule has 1 atom stereocenters. The summed E-state index contributed by atoms with van der Waals surface area (Å²) in [6.07, 6.45) is 11.9. The van der Waals surface area contributed by atoms with Crippen molar-refractivity contribution < 1.29 is 9.47 Å². The largest absolute Gasteiger partial charge is 0.376 e. The highest BCUT2D eigenvalue weighted by Gasteiger charge is 2.23. The van der Waals surface area contributed by atoms with Gasteiger partial charge in [0.25, 0.3) is 0 Å². The molecule has 2 aliphatic rings. The maximum absolute atomic E-state index is 6.15. The van der Waals surface area contributed by atoms with Gasteiger partial charge < -0.3 is 24.3 Å². The third-order valence-electron chi connectivity index (χ3n) is 5.96. The fourth-order valence-electron chi connectivity index (χ4n) is 4.24. The Kier molecular flexibility index (Phi) is 9.60. The smallest absolute Gasteiger partial charge is 0.193 e. The summed E-state index contributed by atoms with van der Waals surface area (Å²) in [4.78, 5) is 11.0. The minimum absolute atomic E-state index is 0. The van der Waals surface area contributed by atoms with Crippen LogP contribution in [0.1, 0.15) is 37.7 Å². The van der Waals surface area contributed by atoms with Crippen LogP contribution >= 0.6 is 24.0 Å². The van der Waals surface area contributed by atoms with Crippen molar-refractivity contribution in [3.8, 4) is 5.69 Å². The topological polar surface area (TPSA) is 63.9 Å². The summed E-state index contributed by atoms with van der Waals surface area (Å²) in [6.45, 7) is 4.26. The quantitative estimate of drug-likeness (QED) is 0.345. The Morgan fingerprint density at radius 2 is 2.06 bits per heavy atom. The summed E-state index contributed by atoms with van der Waals surface area (Å²) >= 11 is 0. The molecule has 1 N–H and O–H groups in total. The summed E-state index contributed by atoms with van der Waals surface area (Å²) in [5.41, 5.74) is 2.34. The summed E-state index contributed by atoms with van der Waals surface area (Å²) < 4.78 is 14.0. The minimum Gasteiger partial charge on any atom is -0.376 e. The number of ether oxygens (including phenoxy) is 2. The first kappa shape index (κ1) is 24.0. The molecule has 0 amide bonds. The second-order valence-corrected chi connectivity index (χ2v) is 8.01. The second-order valence-electron chi connectivity index (χ2n) is 8.01. The third kappa shape index (κ3) is 6.66. The van der Waals surface area contributed by atoms with Gasteiger partial charge in [-0.15, -0.1) is 24.0 Å². The number of aromatic nitrogens is 2. The van der Waals surface area contributed by atoms with Crippen LogP contribution in [0.25, 0.3) is 5.69 Å². The number of nitrogens with one attached hydrogen (secondary N) is 1. The summed E-state index contributed by atoms with van der Waals surface area (Å²) in [5, 5.41) is 3.54. The molecule has 0 saturated carbocycles. The molecule has 1 unspecified atom stereocenters. The van der Waals surface area contributed by atoms with Gasteiger partial charge >= 0.3 is 0 Å². The molecule has 1 aromatic heterocycles. The molecule has 2 saturated heterocycles. The summed E-state index contributed by atoms with van der Waals surface area (Å²) in [7, 11) is 1.85. The Balaban J connectivity index is 0.00000272. The van der Waals surface area contributed by atoms with E-state index >= 15 is 0 Å². The van der Waals surface area contributed by atoms with E-state index in [9.17, 15) is 0 Å². The van der Waals surface area contributed by atoms with Crippen LogP contribution in [-0.2, 0) is 16.0 Å². The fraction of sp³-hybridized carbons (Fsp3) is 0.565. The van der Waals surface area contributed by atoms with Crippen LogP contribution in [0.3, 0.4) is 0 Å². The summed E-state index contributed by atoms with van der Waals surface area (Å²) in [5.74, 6) is 0.949. The van der Waals surface area contributed by atoms with Crippen LogP contribution in [0.15, 0.2) is 48.0 Å². The van der Waals surface area contributed by atoms with Crippen LogP contribution in [-0.4, -0.2) is 66.0 Å². The molecule has 0 spiro atoms. The van der Waals surface area contributed by atoms with Crippen molar-refractivity contribution in [1.82, 2.24) is 19.8 Å². The lowest BCUT2D eigenvalue weighted by Gasteiger charge is -2.35. The van der Waals surface area contributed by atoms with Crippen LogP contribution in [0.2, 0.25) is 0 Å². The molecule has 2 fully saturated rings. The lowest BCUT2D eigenvalue weighted by atomic mass is 10.1. The van der Waals surface area contributed by atoms with Gasteiger partial charge in [0.05, 0.1) is 30.8 Å². The number of guanidine groups is 1. The van der Waals surface area contributed by atoms with Crippen molar-refractivity contribution in [2.45, 2.75) is 50.9 Å². The number of hydrogen-bond acceptors (Lipinski definition) is 4. The maximum Gasteiger partial charge on any atom is 0.193 e. The van der Waals surface area contributed by atoms with Crippen molar-refractivity contribution >= 4 is 29.9 Å². The average Bonchev–Trinajstić information content (AvgIpc) is 3.35. The van der Waals surface area contributed by atoms with E-state index in [1.807, 2.05) is 24.1 Å². The number of rotatable bonds is 6. The van der Waals surface area contributed by atoms with E-state index in [2.05, 4.69) is 44.5 Å². The van der Waals surface area contributed by atoms with Crippen LogP contribution in [0.5, 0.6) is 0 Å². The molecule has 31 heavy (non-hydrogen) atoms. The van der Waals surface area contributed by atoms with E-state index in [-0.39, 0.29) is 24.0 Å². The van der Waals surface area contributed by atoms with E-state index in [0.29, 0.717) is 12.2 Å². The Morgan fingerprint density at radius 1 is 1.23 bits per heavy atom. The highest BCUT2D eigenvalue weighted by atomic mass is 127. The molecule has 170 valence electrons. The van der Waals surface area contributed by atoms with Crippen LogP contribution in [0.4, 0.5) is 0 Å². The molecule has 0 bridgehead atoms. The molecule has 4 rings (SSSR count). The fourth-order valence-corrected chi connectivity index (χ4v) is 4.24. The van der Waals surface area contributed by atoms with Gasteiger partial charge in [-0.05, 0) is 43.7 Å². The van der Waals surface area contributed by atoms with Gasteiger partial charge in [-0.25, -0.2) is 4.98 Å². The zero-order valence-corrected chi connectivity index (χ0v) is 20.6. The first-order valence-electron chi connectivity index (χ1n) is 11.1. The van der Waals surface area contributed by atoms with Crippen LogP contribution in [0, 0.1) is 0 Å². The monoisotopic (exact) mass is 539 g/mol. The van der Waals surface area contributed by atoms with Crippen molar-refractivity contribution in [2.75, 3.05) is 33.4 Å². The van der Waals surface area contributed by atoms with Gasteiger partial charge in [0.1, 0.15) is 0 Å². The van der Waals surface area contributed by atoms with Crippen molar-refractivity contribution in [2.24, 2.45) is 4.99 Å². The standard InChI is InChI=1S/C23H33N5O2.HI/c1-24-23(26-16-19-6-2-3-8-22(19)28-14-11-25-18-28)27-12-9-20(10-13-27)30-17-21-7-4-5-15-29-21;/h2-3,6,8,11,14,18,20-21H,4-5,7,9-10,12-13,15-17H2,1H3,(H,24,26);1H. The molecule has 0 radical (unpaired) electrons. The number of nitrogens with zero attached hydrogens (tertiary/aromatic N) is 4. The van der Waals surface area contributed by atoms with E-state index < -0.39 is 0 Å². The van der Waals surface area contributed by atoms with E-state index in [0.717, 1.165) is 63.8 Å². The van der Waals surface area contributed by atoms with Gasteiger partial charge in [0.15, 0.2) is 5.96 Å². The number of para-hydroxylation sites is 1. The Hall–Kier alpha value is -1.65. The first-order chi connectivity index (χ1) is 14.8. The Bertz CT molecular complexity index is 800. The zero-order valence-electron chi connectivity index (χ0n) is 18.3. The number of piperidine rings is 1. The number of hydrogen-bond donors (Lipinski definition) is 1. The number of benzene rings is 1. The van der Waals surface area contributed by atoms with Crippen LogP contribution < -0.4 is 5.32 Å². The molecular formula is C23H34IN5O2. The van der Waals surface area contributed by atoms with E-state index in [1.165, 1.54) is 18.4 Å². The molecule has 1 aromatic carbocycles. The predicted octanol–water partition coefficient (Wildman–Crippen LogP) is 3.62. The predicted molar refractivity (Wildman–Crippen MR) is 133 cm³/mol. The Morgan fingerprint density at radius 3 is 2.77 bits per heavy atom. The molecule has 2 aliphatic heterocycles. The highest BCUT2D eigenvalue weighted by Crippen LogP contribution is 2.18. The molecule has 2 aromatic rings. The first-order valence-corrected chi connectivity index (χ1v) is 11.1. The van der Waals surface area contributed by atoms with Crippen molar-refractivity contribution in [1.29, 1.82) is 0 Å². The van der Waals surface area contributed by atoms with Gasteiger partial charge in [-0.3, -0.25) is 4.99 Å². The number of halogens is 1. The average molecular weight is 539 g/mol. The van der Waals surface area contributed by atoms with E-state index in [1.54, 1.807) is 6.20 Å². The lowest BCUT2D eigenvalue weighted by Crippen LogP contribution is -2.47. The van der Waals surface area contributed by atoms with Gasteiger partial charge in [0, 0.05) is 45.7 Å². The van der Waals surface area contributed by atoms with Gasteiger partial charge in [-0.2, -0.15) is 0 Å². The number of imidazole rings is 1. The number of aliphatic imine (C=N–C) groups is 1. The zero-order chi connectivity index (χ0) is 20.6. The Labute approximate surface area is 202 Å². The molecular weight excluding hydrogens is 505 g/mol. The van der Waals surface area contributed by atoms with Gasteiger partial charge in [0.2, 0.25) is 0 Å². The third-order valence-corrected chi connectivity index (χ3v) is 5.96.